The molecule has 1 N–H and O–H groups in total. The average Bonchev–Trinajstić information content (AvgIpc) is 2.72. The van der Waals surface area contributed by atoms with Gasteiger partial charge in [0.05, 0.1) is 0 Å². The predicted molar refractivity (Wildman–Crippen MR) is 66.7 cm³/mol. The van der Waals surface area contributed by atoms with Crippen molar-refractivity contribution in [1.29, 1.82) is 0 Å². The summed E-state index contributed by atoms with van der Waals surface area (Å²) in [7, 11) is 0. The zero-order valence-corrected chi connectivity index (χ0v) is 10.4. The molecule has 0 amide bonds. The second-order valence-corrected chi connectivity index (χ2v) is 3.84. The molecule has 0 radical (unpaired) electrons. The van der Waals surface area contributed by atoms with Gasteiger partial charge in [-0.25, -0.2) is 4.98 Å². The maximum atomic E-state index is 5.41. The molecular weight excluding hydrogens is 202 g/mol. The van der Waals surface area contributed by atoms with E-state index in [1.165, 1.54) is 0 Å². The molecule has 0 aliphatic rings. The first-order valence-electron chi connectivity index (χ1n) is 6.21. The highest BCUT2D eigenvalue weighted by atomic mass is 16.5. The van der Waals surface area contributed by atoms with Crippen molar-refractivity contribution in [2.75, 3.05) is 25.1 Å². The standard InChI is InChI=1S/C12H23N3O/c1-3-8-15-9-7-14-12(15)13-6-5-11-16-10-4-2/h7,9H,3-6,8,10-11H2,1-2H3,(H,13,14). The van der Waals surface area contributed by atoms with E-state index in [1.807, 2.05) is 12.4 Å². The molecule has 0 bridgehead atoms. The highest BCUT2D eigenvalue weighted by Crippen LogP contribution is 2.04. The lowest BCUT2D eigenvalue weighted by atomic mass is 10.4. The van der Waals surface area contributed by atoms with Crippen LogP contribution in [0.25, 0.3) is 0 Å². The van der Waals surface area contributed by atoms with Crippen molar-refractivity contribution >= 4 is 5.95 Å². The Morgan fingerprint density at radius 1 is 1.31 bits per heavy atom. The van der Waals surface area contributed by atoms with Gasteiger partial charge in [-0.3, -0.25) is 0 Å². The lowest BCUT2D eigenvalue weighted by Gasteiger charge is -2.08. The van der Waals surface area contributed by atoms with E-state index >= 15 is 0 Å². The van der Waals surface area contributed by atoms with Crippen LogP contribution in [0.2, 0.25) is 0 Å². The van der Waals surface area contributed by atoms with Crippen LogP contribution in [-0.4, -0.2) is 29.3 Å². The van der Waals surface area contributed by atoms with Crippen LogP contribution < -0.4 is 5.32 Å². The fraction of sp³-hybridized carbons (Fsp3) is 0.750. The fourth-order valence-electron chi connectivity index (χ4n) is 1.52. The smallest absolute Gasteiger partial charge is 0.202 e. The molecule has 1 aromatic rings. The Hall–Kier alpha value is -1.03. The molecule has 0 aromatic carbocycles. The SMILES string of the molecule is CCCOCCCNc1nccn1CCC. The highest BCUT2D eigenvalue weighted by molar-refractivity contribution is 5.25. The maximum Gasteiger partial charge on any atom is 0.202 e. The molecule has 1 heterocycles. The Morgan fingerprint density at radius 3 is 2.94 bits per heavy atom. The quantitative estimate of drug-likeness (QED) is 0.656. The number of rotatable bonds is 9. The average molecular weight is 225 g/mol. The number of aryl methyl sites for hydroxylation is 1. The minimum Gasteiger partial charge on any atom is -0.381 e. The summed E-state index contributed by atoms with van der Waals surface area (Å²) in [5, 5.41) is 3.33. The van der Waals surface area contributed by atoms with Crippen molar-refractivity contribution in [2.45, 2.75) is 39.7 Å². The summed E-state index contributed by atoms with van der Waals surface area (Å²) >= 11 is 0. The number of ether oxygens (including phenoxy) is 1. The Kier molecular flexibility index (Phi) is 6.65. The Labute approximate surface area is 98.0 Å². The predicted octanol–water partition coefficient (Wildman–Crippen LogP) is 2.52. The molecule has 1 rings (SSSR count). The van der Waals surface area contributed by atoms with Crippen LogP contribution in [0.3, 0.4) is 0 Å². The molecular formula is C12H23N3O. The van der Waals surface area contributed by atoms with Gasteiger partial charge in [-0.1, -0.05) is 13.8 Å². The lowest BCUT2D eigenvalue weighted by molar-refractivity contribution is 0.134. The first-order valence-corrected chi connectivity index (χ1v) is 6.21. The second kappa shape index (κ2) is 8.16. The van der Waals surface area contributed by atoms with E-state index in [1.54, 1.807) is 0 Å². The van der Waals surface area contributed by atoms with Crippen LogP contribution in [0, 0.1) is 0 Å². The molecule has 0 saturated carbocycles. The number of imidazole rings is 1. The summed E-state index contributed by atoms with van der Waals surface area (Å²) in [6.07, 6.45) is 7.10. The summed E-state index contributed by atoms with van der Waals surface area (Å²) in [5.41, 5.74) is 0. The molecule has 16 heavy (non-hydrogen) atoms. The summed E-state index contributed by atoms with van der Waals surface area (Å²) in [4.78, 5) is 4.28. The first-order chi connectivity index (χ1) is 7.88. The Balaban J connectivity index is 2.13. The first kappa shape index (κ1) is 13.0. The summed E-state index contributed by atoms with van der Waals surface area (Å²) in [6, 6.07) is 0. The number of nitrogens with zero attached hydrogens (tertiary/aromatic N) is 2. The van der Waals surface area contributed by atoms with E-state index in [0.717, 1.165) is 51.5 Å². The number of hydrogen-bond acceptors (Lipinski definition) is 3. The zero-order chi connectivity index (χ0) is 11.6. The molecule has 0 aliphatic heterocycles. The van der Waals surface area contributed by atoms with Crippen LogP contribution in [0.5, 0.6) is 0 Å². The minimum absolute atomic E-state index is 0.829. The van der Waals surface area contributed by atoms with E-state index in [2.05, 4.69) is 28.7 Å². The van der Waals surface area contributed by atoms with Gasteiger partial charge in [0.15, 0.2) is 0 Å². The molecule has 0 saturated heterocycles. The third-order valence-corrected chi connectivity index (χ3v) is 2.28. The van der Waals surface area contributed by atoms with E-state index in [9.17, 15) is 0 Å². The van der Waals surface area contributed by atoms with Gasteiger partial charge >= 0.3 is 0 Å². The normalized spacial score (nSPS) is 10.6. The van der Waals surface area contributed by atoms with Crippen LogP contribution in [0.15, 0.2) is 12.4 Å². The third kappa shape index (κ3) is 4.66. The van der Waals surface area contributed by atoms with Gasteiger partial charge in [-0.2, -0.15) is 0 Å². The van der Waals surface area contributed by atoms with E-state index in [4.69, 9.17) is 4.74 Å². The number of anilines is 1. The largest absolute Gasteiger partial charge is 0.381 e. The second-order valence-electron chi connectivity index (χ2n) is 3.84. The van der Waals surface area contributed by atoms with Crippen molar-refractivity contribution in [3.8, 4) is 0 Å². The van der Waals surface area contributed by atoms with Crippen molar-refractivity contribution in [3.05, 3.63) is 12.4 Å². The topological polar surface area (TPSA) is 39.1 Å². The fourth-order valence-corrected chi connectivity index (χ4v) is 1.52. The number of nitrogens with one attached hydrogen (secondary N) is 1. The summed E-state index contributed by atoms with van der Waals surface area (Å²) in [6.45, 7) is 7.93. The number of aromatic nitrogens is 2. The van der Waals surface area contributed by atoms with Crippen LogP contribution >= 0.6 is 0 Å². The van der Waals surface area contributed by atoms with Crippen molar-refractivity contribution < 1.29 is 4.74 Å². The Bertz CT molecular complexity index is 273. The molecule has 0 atom stereocenters. The molecule has 0 aliphatic carbocycles. The zero-order valence-electron chi connectivity index (χ0n) is 10.4. The highest BCUT2D eigenvalue weighted by Gasteiger charge is 1.99. The molecule has 1 aromatic heterocycles. The van der Waals surface area contributed by atoms with E-state index in [-0.39, 0.29) is 0 Å². The molecule has 0 spiro atoms. The minimum atomic E-state index is 0.829. The lowest BCUT2D eigenvalue weighted by Crippen LogP contribution is -2.10. The van der Waals surface area contributed by atoms with Crippen LogP contribution in [-0.2, 0) is 11.3 Å². The van der Waals surface area contributed by atoms with Gasteiger partial charge in [-0.05, 0) is 19.3 Å². The van der Waals surface area contributed by atoms with Gasteiger partial charge in [0.25, 0.3) is 0 Å². The van der Waals surface area contributed by atoms with Crippen molar-refractivity contribution in [3.63, 3.8) is 0 Å². The molecule has 4 heteroatoms. The van der Waals surface area contributed by atoms with Gasteiger partial charge in [0.2, 0.25) is 5.95 Å². The third-order valence-electron chi connectivity index (χ3n) is 2.28. The van der Waals surface area contributed by atoms with Gasteiger partial charge in [0, 0.05) is 38.7 Å². The van der Waals surface area contributed by atoms with Crippen molar-refractivity contribution in [1.82, 2.24) is 9.55 Å². The van der Waals surface area contributed by atoms with Crippen molar-refractivity contribution in [2.24, 2.45) is 0 Å². The molecule has 0 fully saturated rings. The number of hydrogen-bond donors (Lipinski definition) is 1. The summed E-state index contributed by atoms with van der Waals surface area (Å²) in [5.74, 6) is 0.970. The van der Waals surface area contributed by atoms with Gasteiger partial charge in [0.1, 0.15) is 0 Å². The van der Waals surface area contributed by atoms with Crippen LogP contribution in [0.1, 0.15) is 33.1 Å². The Morgan fingerprint density at radius 2 is 2.19 bits per heavy atom. The maximum absolute atomic E-state index is 5.41. The molecule has 4 nitrogen and oxygen atoms in total. The van der Waals surface area contributed by atoms with Gasteiger partial charge < -0.3 is 14.6 Å². The molecule has 0 unspecified atom stereocenters. The van der Waals surface area contributed by atoms with Crippen LogP contribution in [0.4, 0.5) is 5.95 Å². The van der Waals surface area contributed by atoms with E-state index in [0.29, 0.717) is 0 Å². The van der Waals surface area contributed by atoms with Gasteiger partial charge in [-0.15, -0.1) is 0 Å². The van der Waals surface area contributed by atoms with E-state index < -0.39 is 0 Å². The summed E-state index contributed by atoms with van der Waals surface area (Å²) < 4.78 is 7.56. The molecule has 92 valence electrons. The monoisotopic (exact) mass is 225 g/mol.